The predicted octanol–water partition coefficient (Wildman–Crippen LogP) is 3.79. The number of phenolic OH excluding ortho intramolecular Hbond substituents is 1. The minimum Gasteiger partial charge on any atom is -0.507 e. The van der Waals surface area contributed by atoms with Crippen molar-refractivity contribution in [3.05, 3.63) is 82.6 Å². The predicted molar refractivity (Wildman–Crippen MR) is 211 cm³/mol. The Morgan fingerprint density at radius 1 is 1.04 bits per heavy atom. The molecule has 4 heterocycles. The summed E-state index contributed by atoms with van der Waals surface area (Å²) >= 11 is 1.57. The second-order valence-electron chi connectivity index (χ2n) is 15.7. The normalized spacial score (nSPS) is 18.7. The molecule has 2 aliphatic rings. The van der Waals surface area contributed by atoms with Crippen molar-refractivity contribution in [2.75, 3.05) is 13.1 Å². The van der Waals surface area contributed by atoms with Crippen LogP contribution in [-0.4, -0.2) is 90.2 Å². The van der Waals surface area contributed by atoms with E-state index in [-0.39, 0.29) is 37.7 Å². The van der Waals surface area contributed by atoms with Gasteiger partial charge in [0.05, 0.1) is 34.4 Å². The van der Waals surface area contributed by atoms with E-state index in [9.17, 15) is 29.4 Å². The van der Waals surface area contributed by atoms with E-state index in [0.717, 1.165) is 38.3 Å². The standard InChI is InChI=1S/C41H46N8O6S/c1-22-35(56-21-44-22)24-11-9-23(10-12-24)18-42-39(54)32-16-26(50)20-49(32)40(55)36(41(2,3)4)46-34(52)19-43-38(53)25-13-14-30-28(15-25)29-17-31(47-48-37(29)45-30)27-7-5-6-8-33(27)51/h5-12,17,21,25-26,32,36,50-51H,13-16,18-20H2,1-4H3,(H,42,54)(H,43,53)(H,45,48)(H,46,52)/t25-,26-,32+,36-/m1/s1. The number of carbonyl (C=O) groups is 4. The molecule has 2 aromatic carbocycles. The number of para-hydroxylation sites is 1. The number of nitrogens with one attached hydrogen (secondary N) is 4. The number of thiazole rings is 1. The number of amides is 4. The second kappa shape index (κ2) is 15.8. The highest BCUT2D eigenvalue weighted by Crippen LogP contribution is 2.35. The molecule has 14 nitrogen and oxygen atoms in total. The molecule has 0 unspecified atom stereocenters. The van der Waals surface area contributed by atoms with Crippen molar-refractivity contribution in [2.24, 2.45) is 11.3 Å². The maximum atomic E-state index is 14.1. The van der Waals surface area contributed by atoms with Crippen LogP contribution >= 0.6 is 11.3 Å². The number of aliphatic hydroxyl groups is 1. The van der Waals surface area contributed by atoms with Gasteiger partial charge in [0.2, 0.25) is 23.6 Å². The van der Waals surface area contributed by atoms with Crippen LogP contribution in [0.25, 0.3) is 32.7 Å². The Hall–Kier alpha value is -5.67. The first-order valence-corrected chi connectivity index (χ1v) is 19.6. The molecule has 0 radical (unpaired) electrons. The number of aryl methyl sites for hydroxylation is 2. The van der Waals surface area contributed by atoms with Gasteiger partial charge in [-0.25, -0.2) is 4.98 Å². The summed E-state index contributed by atoms with van der Waals surface area (Å²) in [7, 11) is 0. The molecule has 0 bridgehead atoms. The van der Waals surface area contributed by atoms with E-state index in [1.54, 1.807) is 35.0 Å². The van der Waals surface area contributed by atoms with Gasteiger partial charge in [-0.1, -0.05) is 57.2 Å². The topological polar surface area (TPSA) is 203 Å². The van der Waals surface area contributed by atoms with Crippen molar-refractivity contribution in [2.45, 2.75) is 78.1 Å². The van der Waals surface area contributed by atoms with Crippen molar-refractivity contribution >= 4 is 46.0 Å². The summed E-state index contributed by atoms with van der Waals surface area (Å²) in [5.41, 5.74) is 7.54. The number of benzene rings is 2. The van der Waals surface area contributed by atoms with Crippen LogP contribution in [0.4, 0.5) is 0 Å². The number of phenols is 1. The molecule has 0 spiro atoms. The first kappa shape index (κ1) is 38.6. The summed E-state index contributed by atoms with van der Waals surface area (Å²) in [5.74, 6) is -2.01. The summed E-state index contributed by atoms with van der Waals surface area (Å²) in [4.78, 5) is 64.3. The smallest absolute Gasteiger partial charge is 0.246 e. The van der Waals surface area contributed by atoms with Crippen LogP contribution in [0.2, 0.25) is 0 Å². The number of aromatic nitrogens is 4. The number of aromatic amines is 1. The highest BCUT2D eigenvalue weighted by Gasteiger charge is 2.44. The number of aliphatic hydroxyl groups excluding tert-OH is 1. The Balaban J connectivity index is 0.955. The Morgan fingerprint density at radius 2 is 1.80 bits per heavy atom. The monoisotopic (exact) mass is 778 g/mol. The average Bonchev–Trinajstić information content (AvgIpc) is 3.90. The van der Waals surface area contributed by atoms with Crippen LogP contribution in [0.3, 0.4) is 0 Å². The highest BCUT2D eigenvalue weighted by atomic mass is 32.1. The zero-order valence-electron chi connectivity index (χ0n) is 31.8. The van der Waals surface area contributed by atoms with E-state index < -0.39 is 47.2 Å². The van der Waals surface area contributed by atoms with Crippen LogP contribution in [0, 0.1) is 18.3 Å². The largest absolute Gasteiger partial charge is 0.507 e. The molecular weight excluding hydrogens is 733 g/mol. The van der Waals surface area contributed by atoms with Gasteiger partial charge in [-0.05, 0) is 66.5 Å². The molecule has 6 N–H and O–H groups in total. The van der Waals surface area contributed by atoms with Gasteiger partial charge >= 0.3 is 0 Å². The SMILES string of the molecule is Cc1ncsc1-c1ccc(CNC(=O)[C@@H]2C[C@@H](O)CN2C(=O)[C@@H](NC(=O)CNC(=O)[C@@H]2CCc3[nH]c4nnc(-c5ccccc5O)cc4c3C2)C(C)(C)C)cc1. The maximum absolute atomic E-state index is 14.1. The molecule has 5 aromatic rings. The number of rotatable bonds is 10. The maximum Gasteiger partial charge on any atom is 0.246 e. The van der Waals surface area contributed by atoms with E-state index in [0.29, 0.717) is 36.2 Å². The Bertz CT molecular complexity index is 2280. The quantitative estimate of drug-likeness (QED) is 0.122. The number of H-pyrrole nitrogens is 1. The molecule has 1 aliphatic heterocycles. The minimum atomic E-state index is -1.03. The van der Waals surface area contributed by atoms with E-state index in [1.165, 1.54) is 4.90 Å². The summed E-state index contributed by atoms with van der Waals surface area (Å²) in [6, 6.07) is 14.6. The van der Waals surface area contributed by atoms with Crippen LogP contribution < -0.4 is 16.0 Å². The van der Waals surface area contributed by atoms with E-state index in [2.05, 4.69) is 36.1 Å². The van der Waals surface area contributed by atoms with Gasteiger partial charge in [0.25, 0.3) is 0 Å². The number of carbonyl (C=O) groups excluding carboxylic acids is 4. The fraction of sp³-hybridized carbons (Fsp3) is 0.390. The fourth-order valence-electron chi connectivity index (χ4n) is 7.56. The number of hydrogen-bond donors (Lipinski definition) is 6. The summed E-state index contributed by atoms with van der Waals surface area (Å²) < 4.78 is 0. The van der Waals surface area contributed by atoms with Crippen molar-refractivity contribution in [3.8, 4) is 27.4 Å². The number of hydrogen-bond acceptors (Lipinski definition) is 10. The molecular formula is C41H46N8O6S. The van der Waals surface area contributed by atoms with Gasteiger partial charge < -0.3 is 36.0 Å². The van der Waals surface area contributed by atoms with Crippen LogP contribution in [0.15, 0.2) is 60.1 Å². The van der Waals surface area contributed by atoms with E-state index in [1.807, 2.05) is 64.1 Å². The average molecular weight is 779 g/mol. The Kier molecular flexibility index (Phi) is 10.9. The molecule has 56 heavy (non-hydrogen) atoms. The summed E-state index contributed by atoms with van der Waals surface area (Å²) in [5, 5.41) is 38.9. The van der Waals surface area contributed by atoms with Gasteiger partial charge in [0.15, 0.2) is 5.65 Å². The molecule has 1 saturated heterocycles. The second-order valence-corrected chi connectivity index (χ2v) is 16.5. The van der Waals surface area contributed by atoms with Gasteiger partial charge in [0.1, 0.15) is 17.8 Å². The minimum absolute atomic E-state index is 0.0455. The van der Waals surface area contributed by atoms with E-state index in [4.69, 9.17) is 0 Å². The van der Waals surface area contributed by atoms with Gasteiger partial charge in [-0.15, -0.1) is 21.5 Å². The lowest BCUT2D eigenvalue weighted by molar-refractivity contribution is -0.144. The lowest BCUT2D eigenvalue weighted by Crippen LogP contribution is -2.58. The molecule has 15 heteroatoms. The number of β-amino-alcohol motifs (C(OH)–C–C–N with tert-alkyl or cyclic N) is 1. The van der Waals surface area contributed by atoms with Crippen LogP contribution in [-0.2, 0) is 38.6 Å². The van der Waals surface area contributed by atoms with Gasteiger partial charge in [0, 0.05) is 42.1 Å². The third-order valence-corrected chi connectivity index (χ3v) is 11.6. The van der Waals surface area contributed by atoms with Crippen molar-refractivity contribution in [1.29, 1.82) is 0 Å². The fourth-order valence-corrected chi connectivity index (χ4v) is 8.37. The summed E-state index contributed by atoms with van der Waals surface area (Å²) in [6.45, 7) is 7.24. The molecule has 0 saturated carbocycles. The van der Waals surface area contributed by atoms with Crippen LogP contribution in [0.1, 0.15) is 56.1 Å². The lowest BCUT2D eigenvalue weighted by Gasteiger charge is -2.35. The number of aromatic hydroxyl groups is 1. The Morgan fingerprint density at radius 3 is 2.52 bits per heavy atom. The number of nitrogens with zero attached hydrogens (tertiary/aromatic N) is 4. The Labute approximate surface area is 328 Å². The first-order chi connectivity index (χ1) is 26.8. The lowest BCUT2D eigenvalue weighted by atomic mass is 9.85. The molecule has 1 fully saturated rings. The van der Waals surface area contributed by atoms with Crippen molar-refractivity contribution < 1.29 is 29.4 Å². The van der Waals surface area contributed by atoms with Crippen molar-refractivity contribution in [3.63, 3.8) is 0 Å². The molecule has 4 amide bonds. The first-order valence-electron chi connectivity index (χ1n) is 18.7. The van der Waals surface area contributed by atoms with Gasteiger partial charge in [-0.3, -0.25) is 19.2 Å². The molecule has 7 rings (SSSR count). The third-order valence-electron chi connectivity index (χ3n) is 10.6. The molecule has 4 atom stereocenters. The molecule has 292 valence electrons. The molecule has 3 aromatic heterocycles. The van der Waals surface area contributed by atoms with Crippen LogP contribution in [0.5, 0.6) is 5.75 Å². The summed E-state index contributed by atoms with van der Waals surface area (Å²) in [6.07, 6.45) is 0.776. The highest BCUT2D eigenvalue weighted by molar-refractivity contribution is 7.13. The number of fused-ring (bicyclic) bond motifs is 3. The number of likely N-dealkylation sites (tertiary alicyclic amines) is 1. The zero-order chi connectivity index (χ0) is 39.7. The third kappa shape index (κ3) is 8.14. The zero-order valence-corrected chi connectivity index (χ0v) is 32.6. The van der Waals surface area contributed by atoms with Gasteiger partial charge in [-0.2, -0.15) is 0 Å². The molecule has 1 aliphatic carbocycles. The van der Waals surface area contributed by atoms with E-state index >= 15 is 0 Å². The van der Waals surface area contributed by atoms with Crippen molar-refractivity contribution in [1.82, 2.24) is 41.0 Å².